The van der Waals surface area contributed by atoms with E-state index in [0.29, 0.717) is 27.8 Å². The second-order valence-electron chi connectivity index (χ2n) is 8.03. The second kappa shape index (κ2) is 5.72. The largest absolute Gasteiger partial charge is 0.427 e. The van der Waals surface area contributed by atoms with Gasteiger partial charge in [0.25, 0.3) is 0 Å². The molecule has 6 nitrogen and oxygen atoms in total. The fourth-order valence-electron chi connectivity index (χ4n) is 4.32. The van der Waals surface area contributed by atoms with Crippen LogP contribution in [0.3, 0.4) is 0 Å². The third kappa shape index (κ3) is 2.48. The van der Waals surface area contributed by atoms with Gasteiger partial charge in [-0.3, -0.25) is 4.57 Å². The maximum absolute atomic E-state index is 14.4. The lowest BCUT2D eigenvalue weighted by Crippen LogP contribution is -2.59. The lowest BCUT2D eigenvalue weighted by molar-refractivity contribution is -0.178. The van der Waals surface area contributed by atoms with Crippen molar-refractivity contribution in [1.29, 1.82) is 0 Å². The average molecular weight is 425 g/mol. The molecule has 1 saturated carbocycles. The Labute approximate surface area is 173 Å². The number of urea groups is 1. The first-order valence-electron chi connectivity index (χ1n) is 9.75. The number of para-hydroxylation sites is 1. The molecule has 3 aliphatic rings. The van der Waals surface area contributed by atoms with E-state index < -0.39 is 23.5 Å². The van der Waals surface area contributed by atoms with Crippen LogP contribution >= 0.6 is 0 Å². The fourth-order valence-corrected chi connectivity index (χ4v) is 4.32. The van der Waals surface area contributed by atoms with E-state index >= 15 is 0 Å². The minimum atomic E-state index is -4.84. The number of amides is 2. The first-order chi connectivity index (χ1) is 14.8. The summed E-state index contributed by atoms with van der Waals surface area (Å²) in [6, 6.07) is 6.99. The molecule has 2 aliphatic heterocycles. The van der Waals surface area contributed by atoms with E-state index in [-0.39, 0.29) is 23.7 Å². The highest BCUT2D eigenvalue weighted by Gasteiger charge is 2.59. The van der Waals surface area contributed by atoms with E-state index in [1.54, 1.807) is 18.2 Å². The number of rotatable bonds is 0. The summed E-state index contributed by atoms with van der Waals surface area (Å²) in [5.41, 5.74) is -0.303. The Morgan fingerprint density at radius 1 is 1.16 bits per heavy atom. The van der Waals surface area contributed by atoms with Gasteiger partial charge in [-0.2, -0.15) is 13.2 Å². The van der Waals surface area contributed by atoms with Gasteiger partial charge in [-0.15, -0.1) is 0 Å². The van der Waals surface area contributed by atoms with E-state index in [4.69, 9.17) is 4.42 Å². The predicted octanol–water partition coefficient (Wildman–Crippen LogP) is 3.93. The molecule has 0 spiro atoms. The number of nitrogens with zero attached hydrogens (tertiary/aromatic N) is 1. The Morgan fingerprint density at radius 3 is 2.71 bits per heavy atom. The minimum absolute atomic E-state index is 0.0251. The van der Waals surface area contributed by atoms with Crippen molar-refractivity contribution >= 4 is 22.8 Å². The third-order valence-corrected chi connectivity index (χ3v) is 5.97. The minimum Gasteiger partial charge on any atom is -0.408 e. The zero-order valence-corrected chi connectivity index (χ0v) is 15.9. The zero-order valence-electron chi connectivity index (χ0n) is 15.9. The molecule has 1 aliphatic carbocycles. The lowest BCUT2D eigenvalue weighted by Gasteiger charge is -2.38. The Kier molecular flexibility index (Phi) is 3.35. The van der Waals surface area contributed by atoms with Crippen LogP contribution in [0.5, 0.6) is 0 Å². The molecule has 2 amide bonds. The molecule has 1 fully saturated rings. The first-order valence-corrected chi connectivity index (χ1v) is 9.75. The maximum Gasteiger partial charge on any atom is 0.427 e. The van der Waals surface area contributed by atoms with E-state index in [1.807, 2.05) is 5.32 Å². The van der Waals surface area contributed by atoms with Gasteiger partial charge in [-0.05, 0) is 42.2 Å². The van der Waals surface area contributed by atoms with Gasteiger partial charge in [-0.25, -0.2) is 9.59 Å². The molecule has 6 rings (SSSR count). The van der Waals surface area contributed by atoms with Crippen molar-refractivity contribution < 1.29 is 22.4 Å². The second-order valence-corrected chi connectivity index (χ2v) is 8.03. The smallest absolute Gasteiger partial charge is 0.408 e. The van der Waals surface area contributed by atoms with E-state index in [1.165, 1.54) is 16.7 Å². The first kappa shape index (κ1) is 18.1. The molecule has 156 valence electrons. The number of oxazole rings is 1. The number of alkyl halides is 3. The number of aromatic nitrogens is 1. The molecule has 0 radical (unpaired) electrons. The van der Waals surface area contributed by atoms with Crippen LogP contribution in [0.15, 0.2) is 39.5 Å². The summed E-state index contributed by atoms with van der Waals surface area (Å²) in [7, 11) is 0. The van der Waals surface area contributed by atoms with Crippen molar-refractivity contribution in [3.63, 3.8) is 0 Å². The number of carbonyl (C=O) groups excluding carboxylic acids is 1. The molecule has 9 heteroatoms. The summed E-state index contributed by atoms with van der Waals surface area (Å²) in [5, 5.41) is 4.51. The van der Waals surface area contributed by atoms with Crippen molar-refractivity contribution in [3.8, 4) is 23.0 Å². The van der Waals surface area contributed by atoms with Gasteiger partial charge in [0.2, 0.25) is 5.54 Å². The Bertz CT molecular complexity index is 1420. The van der Waals surface area contributed by atoms with Crippen LogP contribution in [0, 0.1) is 17.8 Å². The topological polar surface area (TPSA) is 76.3 Å². The van der Waals surface area contributed by atoms with Crippen LogP contribution < -0.4 is 16.4 Å². The molecule has 1 atom stereocenters. The van der Waals surface area contributed by atoms with Crippen LogP contribution in [0.1, 0.15) is 24.0 Å². The summed E-state index contributed by atoms with van der Waals surface area (Å²) >= 11 is 0. The van der Waals surface area contributed by atoms with Gasteiger partial charge in [-0.1, -0.05) is 24.0 Å². The number of nitrogens with one attached hydrogen (secondary N) is 2. The molecule has 0 bridgehead atoms. The number of benzene rings is 2. The molecule has 0 unspecified atom stereocenters. The van der Waals surface area contributed by atoms with Crippen molar-refractivity contribution in [2.45, 2.75) is 31.1 Å². The van der Waals surface area contributed by atoms with Gasteiger partial charge in [0.1, 0.15) is 0 Å². The average Bonchev–Trinajstić information content (AvgIpc) is 3.48. The van der Waals surface area contributed by atoms with Crippen LogP contribution in [0.25, 0.3) is 22.2 Å². The highest BCUT2D eigenvalue weighted by Crippen LogP contribution is 2.47. The summed E-state index contributed by atoms with van der Waals surface area (Å²) in [6.45, 7) is 0.127. The van der Waals surface area contributed by atoms with Crippen LogP contribution in [0.4, 0.5) is 23.7 Å². The monoisotopic (exact) mass is 425 g/mol. The Balaban J connectivity index is 1.65. The summed E-state index contributed by atoms with van der Waals surface area (Å²) in [6.07, 6.45) is -3.33. The van der Waals surface area contributed by atoms with E-state index in [0.717, 1.165) is 12.8 Å². The maximum atomic E-state index is 14.4. The van der Waals surface area contributed by atoms with Gasteiger partial charge in [0, 0.05) is 22.7 Å². The molecule has 1 aromatic heterocycles. The fraction of sp³-hybridized carbons (Fsp3) is 0.273. The predicted molar refractivity (Wildman–Crippen MR) is 105 cm³/mol. The van der Waals surface area contributed by atoms with Crippen molar-refractivity contribution in [3.05, 3.63) is 52.0 Å². The van der Waals surface area contributed by atoms with Gasteiger partial charge in [0.15, 0.2) is 5.58 Å². The molecule has 31 heavy (non-hydrogen) atoms. The molecule has 2 aromatic carbocycles. The number of carbonyl (C=O) groups is 1. The molecular formula is C22H14F3N3O3. The number of anilines is 1. The molecule has 3 aromatic rings. The lowest BCUT2D eigenvalue weighted by atomic mass is 9.82. The Morgan fingerprint density at radius 2 is 1.97 bits per heavy atom. The third-order valence-electron chi connectivity index (χ3n) is 5.97. The number of hydrogen-bond acceptors (Lipinski definition) is 3. The van der Waals surface area contributed by atoms with E-state index in [2.05, 4.69) is 17.2 Å². The molecule has 3 heterocycles. The van der Waals surface area contributed by atoms with Crippen molar-refractivity contribution in [2.75, 3.05) is 5.32 Å². The van der Waals surface area contributed by atoms with Crippen molar-refractivity contribution in [1.82, 2.24) is 9.88 Å². The van der Waals surface area contributed by atoms with Crippen LogP contribution in [-0.2, 0) is 12.1 Å². The normalized spacial score (nSPS) is 21.5. The molecule has 2 N–H and O–H groups in total. The van der Waals surface area contributed by atoms with Crippen molar-refractivity contribution in [2.24, 2.45) is 5.92 Å². The highest BCUT2D eigenvalue weighted by atomic mass is 19.4. The Hall–Kier alpha value is -3.67. The molecular weight excluding hydrogens is 411 g/mol. The highest BCUT2D eigenvalue weighted by molar-refractivity contribution is 5.98. The standard InChI is InChI=1S/C22H14F3N3O3/c23-22(24,25)21(7-6-11-4-5-11)15-9-14-12(8-16(15)26-19(29)27-21)10-28-18-13(14)2-1-3-17(18)31-20(28)30/h1-3,8-9,11H,4-5,10H2,(H2,26,27,29)/t21-/m0/s1. The summed E-state index contributed by atoms with van der Waals surface area (Å²) in [4.78, 5) is 24.5. The summed E-state index contributed by atoms with van der Waals surface area (Å²) < 4.78 is 50.0. The van der Waals surface area contributed by atoms with E-state index in [9.17, 15) is 22.8 Å². The number of hydrogen-bond donors (Lipinski definition) is 2. The van der Waals surface area contributed by atoms with Crippen LogP contribution in [-0.4, -0.2) is 16.8 Å². The van der Waals surface area contributed by atoms with Gasteiger partial charge >= 0.3 is 18.0 Å². The van der Waals surface area contributed by atoms with Gasteiger partial charge in [0.05, 0.1) is 12.1 Å². The number of halogens is 3. The SMILES string of the molecule is O=C1Nc2cc3c(cc2[C@@](C#CC2CC2)(C(F)(F)F)N1)-c1cccc2oc(=O)n(c12)C3. The number of fused-ring (bicyclic) bond motifs is 3. The molecule has 0 saturated heterocycles. The van der Waals surface area contributed by atoms with Gasteiger partial charge < -0.3 is 15.1 Å². The zero-order chi connectivity index (χ0) is 21.5. The summed E-state index contributed by atoms with van der Waals surface area (Å²) in [5.74, 6) is 4.41. The van der Waals surface area contributed by atoms with Crippen LogP contribution in [0.2, 0.25) is 0 Å². The quantitative estimate of drug-likeness (QED) is 0.419.